The lowest BCUT2D eigenvalue weighted by molar-refractivity contribution is -0.370. The number of aliphatic hydroxyl groups is 8. The highest BCUT2D eigenvalue weighted by atomic mass is 16.8. The van der Waals surface area contributed by atoms with Crippen molar-refractivity contribution < 1.29 is 78.8 Å². The summed E-state index contributed by atoms with van der Waals surface area (Å²) in [6.07, 6.45) is -12.9. The molecular formula is C40H68O16. The summed E-state index contributed by atoms with van der Waals surface area (Å²) in [7, 11) is 0. The summed E-state index contributed by atoms with van der Waals surface area (Å²) in [5.41, 5.74) is -2.87. The predicted molar refractivity (Wildman–Crippen MR) is 197 cm³/mol. The molecule has 0 aromatic rings. The van der Waals surface area contributed by atoms with E-state index in [4.69, 9.17) is 33.2 Å². The highest BCUT2D eigenvalue weighted by Crippen LogP contribution is 2.63. The number of carbonyl (C=O) groups is 1. The second-order valence-corrected chi connectivity index (χ2v) is 18.2. The first-order valence-corrected chi connectivity index (χ1v) is 20.2. The van der Waals surface area contributed by atoms with Crippen LogP contribution in [0, 0.1) is 22.7 Å². The van der Waals surface area contributed by atoms with Crippen LogP contribution in [0.3, 0.4) is 0 Å². The van der Waals surface area contributed by atoms with Crippen molar-refractivity contribution in [2.24, 2.45) is 22.7 Å². The Morgan fingerprint density at radius 2 is 1.34 bits per heavy atom. The topological polar surface area (TPSA) is 244 Å². The van der Waals surface area contributed by atoms with E-state index in [-0.39, 0.29) is 29.3 Å². The van der Waals surface area contributed by atoms with Crippen LogP contribution < -0.4 is 0 Å². The second-order valence-electron chi connectivity index (χ2n) is 18.2. The first-order valence-electron chi connectivity index (χ1n) is 20.2. The summed E-state index contributed by atoms with van der Waals surface area (Å²) in [5.74, 6) is -0.807. The zero-order valence-corrected chi connectivity index (χ0v) is 34.1. The van der Waals surface area contributed by atoms with Crippen molar-refractivity contribution in [1.29, 1.82) is 0 Å². The summed E-state index contributed by atoms with van der Waals surface area (Å²) < 4.78 is 42.1. The number of esters is 1. The van der Waals surface area contributed by atoms with Crippen LogP contribution >= 0.6 is 0 Å². The van der Waals surface area contributed by atoms with Crippen molar-refractivity contribution in [2.45, 2.75) is 204 Å². The average molecular weight is 805 g/mol. The molecule has 324 valence electrons. The Balaban J connectivity index is 1.35. The van der Waals surface area contributed by atoms with Gasteiger partial charge in [-0.1, -0.05) is 26.3 Å². The molecule has 3 heterocycles. The van der Waals surface area contributed by atoms with Gasteiger partial charge in [-0.15, -0.1) is 6.58 Å². The third-order valence-electron chi connectivity index (χ3n) is 13.9. The Kier molecular flexibility index (Phi) is 14.1. The molecule has 21 atom stereocenters. The lowest BCUT2D eigenvalue weighted by Gasteiger charge is -2.62. The fraction of sp³-hybridized carbons (Fsp3) is 0.925. The van der Waals surface area contributed by atoms with E-state index in [1.165, 1.54) is 13.8 Å². The van der Waals surface area contributed by atoms with Crippen LogP contribution in [0.2, 0.25) is 0 Å². The number of aliphatic hydroxyl groups excluding tert-OH is 7. The van der Waals surface area contributed by atoms with Crippen molar-refractivity contribution in [3.63, 3.8) is 0 Å². The first-order chi connectivity index (χ1) is 26.0. The SMILES string of the molecule is C=CC(C)(CCC1C(C)(O)CCC2C(C)(COC3OC(C)C(O)C(O)C3O)CCCC12C)OC1OC(C)C(O)C(OC(C)=O)C1OC1OC(C)C(O)C(O)C1O. The van der Waals surface area contributed by atoms with Crippen LogP contribution in [-0.2, 0) is 38.0 Å². The van der Waals surface area contributed by atoms with Gasteiger partial charge in [0.2, 0.25) is 0 Å². The average Bonchev–Trinajstić information content (AvgIpc) is 3.12. The summed E-state index contributed by atoms with van der Waals surface area (Å²) in [6.45, 7) is 18.3. The molecule has 0 aromatic heterocycles. The standard InChI is InChI=1S/C40H68O16/c1-10-38(7,56-36-33(32(54-22(5)41)27(44)21(4)53-36)55-35-31(48)29(46)26(43)20(3)52-35)16-12-24-39(8)15-11-14-37(6,23(39)13-17-40(24,9)49)18-50-34-30(47)28(45)25(42)19(2)51-34/h10,19-21,23-36,42-49H,1,11-18H2,2-9H3. The van der Waals surface area contributed by atoms with E-state index in [0.717, 1.165) is 25.7 Å². The number of ether oxygens (including phenoxy) is 7. The monoisotopic (exact) mass is 804 g/mol. The Morgan fingerprint density at radius 1 is 0.786 bits per heavy atom. The van der Waals surface area contributed by atoms with Gasteiger partial charge in [-0.3, -0.25) is 4.79 Å². The Hall–Kier alpha value is -1.35. The summed E-state index contributed by atoms with van der Waals surface area (Å²) in [5, 5.41) is 85.9. The molecule has 0 spiro atoms. The predicted octanol–water partition coefficient (Wildman–Crippen LogP) is 0.796. The fourth-order valence-electron chi connectivity index (χ4n) is 10.4. The van der Waals surface area contributed by atoms with E-state index in [0.29, 0.717) is 19.3 Å². The lowest BCUT2D eigenvalue weighted by atomic mass is 9.44. The minimum atomic E-state index is -1.70. The molecule has 3 aliphatic heterocycles. The van der Waals surface area contributed by atoms with Crippen molar-refractivity contribution in [3.8, 4) is 0 Å². The van der Waals surface area contributed by atoms with E-state index < -0.39 is 109 Å². The van der Waals surface area contributed by atoms with Crippen LogP contribution in [0.1, 0.15) is 100 Å². The van der Waals surface area contributed by atoms with Crippen LogP contribution in [0.25, 0.3) is 0 Å². The Bertz CT molecular complexity index is 1350. The largest absolute Gasteiger partial charge is 0.457 e. The molecule has 2 aliphatic carbocycles. The maximum absolute atomic E-state index is 12.3. The van der Waals surface area contributed by atoms with Crippen molar-refractivity contribution in [3.05, 3.63) is 12.7 Å². The smallest absolute Gasteiger partial charge is 0.303 e. The molecule has 56 heavy (non-hydrogen) atoms. The second kappa shape index (κ2) is 17.3. The molecule has 5 aliphatic rings. The molecule has 2 saturated carbocycles. The Morgan fingerprint density at radius 3 is 1.93 bits per heavy atom. The molecule has 16 nitrogen and oxygen atoms in total. The van der Waals surface area contributed by atoms with Gasteiger partial charge in [0.05, 0.1) is 36.1 Å². The summed E-state index contributed by atoms with van der Waals surface area (Å²) >= 11 is 0. The summed E-state index contributed by atoms with van der Waals surface area (Å²) in [4.78, 5) is 12.3. The molecule has 0 aromatic carbocycles. The molecular weight excluding hydrogens is 736 g/mol. The van der Waals surface area contributed by atoms with Crippen LogP contribution in [0.15, 0.2) is 12.7 Å². The number of hydrogen-bond acceptors (Lipinski definition) is 16. The molecule has 21 unspecified atom stereocenters. The third kappa shape index (κ3) is 9.04. The maximum Gasteiger partial charge on any atom is 0.303 e. The van der Waals surface area contributed by atoms with Crippen LogP contribution in [-0.4, -0.2) is 157 Å². The molecule has 5 fully saturated rings. The fourth-order valence-corrected chi connectivity index (χ4v) is 10.4. The highest BCUT2D eigenvalue weighted by molar-refractivity contribution is 5.66. The van der Waals surface area contributed by atoms with Crippen LogP contribution in [0.5, 0.6) is 0 Å². The van der Waals surface area contributed by atoms with Gasteiger partial charge in [-0.2, -0.15) is 0 Å². The van der Waals surface area contributed by atoms with Crippen molar-refractivity contribution >= 4 is 5.97 Å². The van der Waals surface area contributed by atoms with E-state index >= 15 is 0 Å². The molecule has 5 rings (SSSR count). The molecule has 8 N–H and O–H groups in total. The first kappa shape index (κ1) is 45.7. The van der Waals surface area contributed by atoms with Gasteiger partial charge in [0.1, 0.15) is 42.7 Å². The van der Waals surface area contributed by atoms with E-state index in [1.807, 2.05) is 13.8 Å². The van der Waals surface area contributed by atoms with Gasteiger partial charge in [0, 0.05) is 6.92 Å². The van der Waals surface area contributed by atoms with Gasteiger partial charge < -0.3 is 74.0 Å². The van der Waals surface area contributed by atoms with Crippen molar-refractivity contribution in [1.82, 2.24) is 0 Å². The number of fused-ring (bicyclic) bond motifs is 1. The molecule has 3 saturated heterocycles. The minimum Gasteiger partial charge on any atom is -0.457 e. The number of carbonyl (C=O) groups excluding carboxylic acids is 1. The number of hydrogen-bond donors (Lipinski definition) is 8. The van der Waals surface area contributed by atoms with Gasteiger partial charge in [0.25, 0.3) is 0 Å². The van der Waals surface area contributed by atoms with Gasteiger partial charge in [-0.25, -0.2) is 0 Å². The maximum atomic E-state index is 12.3. The van der Waals surface area contributed by atoms with Crippen molar-refractivity contribution in [2.75, 3.05) is 6.61 Å². The molecule has 0 radical (unpaired) electrons. The normalized spacial score (nSPS) is 51.0. The van der Waals surface area contributed by atoms with Gasteiger partial charge in [-0.05, 0) is 95.8 Å². The Labute approximate surface area is 330 Å². The summed E-state index contributed by atoms with van der Waals surface area (Å²) in [6, 6.07) is 0. The highest BCUT2D eigenvalue weighted by Gasteiger charge is 2.60. The lowest BCUT2D eigenvalue weighted by Crippen LogP contribution is -2.64. The zero-order valence-electron chi connectivity index (χ0n) is 34.1. The molecule has 0 bridgehead atoms. The van der Waals surface area contributed by atoms with Gasteiger partial charge >= 0.3 is 5.97 Å². The molecule has 16 heteroatoms. The van der Waals surface area contributed by atoms with E-state index in [9.17, 15) is 45.6 Å². The number of rotatable bonds is 12. The van der Waals surface area contributed by atoms with E-state index in [1.54, 1.807) is 19.9 Å². The molecule has 0 amide bonds. The minimum absolute atomic E-state index is 0.114. The quantitative estimate of drug-likeness (QED) is 0.100. The third-order valence-corrected chi connectivity index (χ3v) is 13.9. The van der Waals surface area contributed by atoms with Crippen LogP contribution in [0.4, 0.5) is 0 Å². The zero-order chi connectivity index (χ0) is 41.7. The van der Waals surface area contributed by atoms with Gasteiger partial charge in [0.15, 0.2) is 31.1 Å². The van der Waals surface area contributed by atoms with E-state index in [2.05, 4.69) is 20.4 Å².